The van der Waals surface area contributed by atoms with Gasteiger partial charge in [0, 0.05) is 30.7 Å². The van der Waals surface area contributed by atoms with Crippen LogP contribution in [0.25, 0.3) is 0 Å². The van der Waals surface area contributed by atoms with E-state index in [1.807, 2.05) is 24.3 Å². The van der Waals surface area contributed by atoms with Crippen LogP contribution in [-0.4, -0.2) is 46.2 Å². The topological polar surface area (TPSA) is 92.8 Å². The third-order valence-corrected chi connectivity index (χ3v) is 5.43. The second-order valence-corrected chi connectivity index (χ2v) is 9.27. The van der Waals surface area contributed by atoms with Crippen molar-refractivity contribution in [1.29, 1.82) is 0 Å². The number of esters is 1. The molecule has 0 atom stereocenters. The number of amides is 1. The average molecular weight is 416 g/mol. The predicted molar refractivity (Wildman–Crippen MR) is 112 cm³/mol. The summed E-state index contributed by atoms with van der Waals surface area (Å²) in [5.41, 5.74) is 2.61. The van der Waals surface area contributed by atoms with Crippen LogP contribution in [0.5, 0.6) is 0 Å². The first-order chi connectivity index (χ1) is 13.8. The summed E-state index contributed by atoms with van der Waals surface area (Å²) < 4.78 is 27.6. The molecule has 0 aromatic heterocycles. The van der Waals surface area contributed by atoms with Crippen LogP contribution >= 0.6 is 0 Å². The van der Waals surface area contributed by atoms with Crippen LogP contribution in [0.2, 0.25) is 0 Å². The van der Waals surface area contributed by atoms with Gasteiger partial charge in [-0.05, 0) is 54.8 Å². The van der Waals surface area contributed by atoms with Crippen molar-refractivity contribution in [3.63, 3.8) is 0 Å². The first-order valence-electron chi connectivity index (χ1n) is 9.39. The van der Waals surface area contributed by atoms with E-state index in [1.54, 1.807) is 12.1 Å². The molecule has 0 spiro atoms. The molecule has 0 radical (unpaired) electrons. The molecule has 1 amide bonds. The van der Waals surface area contributed by atoms with Gasteiger partial charge in [0.2, 0.25) is 0 Å². The van der Waals surface area contributed by atoms with E-state index in [9.17, 15) is 18.0 Å². The first kappa shape index (κ1) is 20.9. The summed E-state index contributed by atoms with van der Waals surface area (Å²) in [6.45, 7) is 1.70. The molecule has 2 aromatic carbocycles. The molecule has 0 saturated carbocycles. The number of hydrogen-bond acceptors (Lipinski definition) is 6. The Morgan fingerprint density at radius 1 is 1.00 bits per heavy atom. The maximum atomic E-state index is 12.1. The Balaban J connectivity index is 1.47. The molecular formula is C21H24N2O5S. The molecule has 1 aliphatic rings. The van der Waals surface area contributed by atoms with Crippen LogP contribution in [0, 0.1) is 0 Å². The van der Waals surface area contributed by atoms with Crippen molar-refractivity contribution in [3.05, 3.63) is 59.7 Å². The molecule has 1 saturated heterocycles. The Morgan fingerprint density at radius 3 is 2.21 bits per heavy atom. The van der Waals surface area contributed by atoms with E-state index in [1.165, 1.54) is 25.0 Å². The van der Waals surface area contributed by atoms with Crippen LogP contribution in [0.15, 0.2) is 48.5 Å². The summed E-state index contributed by atoms with van der Waals surface area (Å²) in [6.07, 6.45) is 3.54. The number of hydrogen-bond donors (Lipinski definition) is 1. The molecule has 154 valence electrons. The normalized spacial score (nSPS) is 13.9. The molecule has 8 heteroatoms. The summed E-state index contributed by atoms with van der Waals surface area (Å²) in [5, 5.41) is 2.70. The Labute approximate surface area is 170 Å². The van der Waals surface area contributed by atoms with E-state index in [0.29, 0.717) is 11.3 Å². The summed E-state index contributed by atoms with van der Waals surface area (Å²) in [4.78, 5) is 26.4. The number of anilines is 2. The Hall–Kier alpha value is -2.87. The van der Waals surface area contributed by atoms with Crippen LogP contribution in [-0.2, 0) is 25.1 Å². The number of nitrogens with zero attached hydrogens (tertiary/aromatic N) is 1. The van der Waals surface area contributed by atoms with Crippen molar-refractivity contribution >= 4 is 33.1 Å². The molecule has 1 fully saturated rings. The lowest BCUT2D eigenvalue weighted by Gasteiger charge is -2.17. The number of carbonyl (C=O) groups excluding carboxylic acids is 2. The lowest BCUT2D eigenvalue weighted by Crippen LogP contribution is -2.21. The van der Waals surface area contributed by atoms with Crippen LogP contribution in [0.4, 0.5) is 11.4 Å². The summed E-state index contributed by atoms with van der Waals surface area (Å²) in [6, 6.07) is 13.7. The fourth-order valence-electron chi connectivity index (χ4n) is 3.18. The second-order valence-electron chi connectivity index (χ2n) is 7.13. The van der Waals surface area contributed by atoms with Gasteiger partial charge >= 0.3 is 5.97 Å². The number of sulfone groups is 1. The van der Waals surface area contributed by atoms with Crippen molar-refractivity contribution in [2.45, 2.75) is 18.6 Å². The van der Waals surface area contributed by atoms with Gasteiger partial charge in [0.05, 0.1) is 11.3 Å². The highest BCUT2D eigenvalue weighted by Crippen LogP contribution is 2.22. The Kier molecular flexibility index (Phi) is 6.53. The van der Waals surface area contributed by atoms with Crippen LogP contribution in [0.3, 0.4) is 0 Å². The third kappa shape index (κ3) is 6.32. The number of nitrogens with one attached hydrogen (secondary N) is 1. The zero-order valence-electron chi connectivity index (χ0n) is 16.3. The van der Waals surface area contributed by atoms with Crippen molar-refractivity contribution in [3.8, 4) is 0 Å². The van der Waals surface area contributed by atoms with Crippen molar-refractivity contribution in [1.82, 2.24) is 0 Å². The zero-order valence-corrected chi connectivity index (χ0v) is 17.1. The number of rotatable bonds is 7. The molecule has 1 N–H and O–H groups in total. The molecule has 1 heterocycles. The summed E-state index contributed by atoms with van der Waals surface area (Å²) in [5.74, 6) is -1.17. The van der Waals surface area contributed by atoms with Crippen molar-refractivity contribution in [2.24, 2.45) is 0 Å². The van der Waals surface area contributed by atoms with Crippen LogP contribution < -0.4 is 10.2 Å². The quantitative estimate of drug-likeness (QED) is 0.698. The maximum Gasteiger partial charge on any atom is 0.338 e. The highest BCUT2D eigenvalue weighted by atomic mass is 32.2. The molecular weight excluding hydrogens is 392 g/mol. The van der Waals surface area contributed by atoms with E-state index >= 15 is 0 Å². The lowest BCUT2D eigenvalue weighted by atomic mass is 10.1. The van der Waals surface area contributed by atoms with E-state index in [4.69, 9.17) is 4.74 Å². The van der Waals surface area contributed by atoms with Gasteiger partial charge in [-0.2, -0.15) is 0 Å². The van der Waals surface area contributed by atoms with E-state index in [-0.39, 0.29) is 11.3 Å². The van der Waals surface area contributed by atoms with Gasteiger partial charge in [0.15, 0.2) is 16.4 Å². The maximum absolute atomic E-state index is 12.1. The standard InChI is InChI=1S/C21H24N2O5S/c1-29(26,27)15-16-4-6-17(7-5-16)21(25)28-14-20(24)22-18-8-10-19(11-9-18)23-12-2-3-13-23/h4-11H,2-3,12-15H2,1H3,(H,22,24). The van der Waals surface area contributed by atoms with Gasteiger partial charge in [0.25, 0.3) is 5.91 Å². The molecule has 1 aliphatic heterocycles. The zero-order chi connectivity index (χ0) is 20.9. The molecule has 0 bridgehead atoms. The molecule has 2 aromatic rings. The highest BCUT2D eigenvalue weighted by Gasteiger charge is 2.13. The molecule has 7 nitrogen and oxygen atoms in total. The van der Waals surface area contributed by atoms with E-state index in [0.717, 1.165) is 25.0 Å². The van der Waals surface area contributed by atoms with Gasteiger partial charge in [-0.3, -0.25) is 4.79 Å². The summed E-state index contributed by atoms with van der Waals surface area (Å²) >= 11 is 0. The second kappa shape index (κ2) is 9.09. The fraction of sp³-hybridized carbons (Fsp3) is 0.333. The van der Waals surface area contributed by atoms with Gasteiger partial charge in [0.1, 0.15) is 0 Å². The van der Waals surface area contributed by atoms with Gasteiger partial charge < -0.3 is 15.0 Å². The molecule has 0 aliphatic carbocycles. The minimum atomic E-state index is -3.14. The van der Waals surface area contributed by atoms with Crippen molar-refractivity contribution in [2.75, 3.05) is 36.2 Å². The number of carbonyl (C=O) groups is 2. The Bertz CT molecular complexity index is 963. The minimum absolute atomic E-state index is 0.0959. The minimum Gasteiger partial charge on any atom is -0.452 e. The molecule has 29 heavy (non-hydrogen) atoms. The molecule has 0 unspecified atom stereocenters. The van der Waals surface area contributed by atoms with Gasteiger partial charge in [-0.1, -0.05) is 12.1 Å². The lowest BCUT2D eigenvalue weighted by molar-refractivity contribution is -0.119. The first-order valence-corrected chi connectivity index (χ1v) is 11.4. The number of ether oxygens (including phenoxy) is 1. The number of benzene rings is 2. The monoisotopic (exact) mass is 416 g/mol. The predicted octanol–water partition coefficient (Wildman–Crippen LogP) is 2.63. The van der Waals surface area contributed by atoms with Gasteiger partial charge in [-0.15, -0.1) is 0 Å². The van der Waals surface area contributed by atoms with E-state index < -0.39 is 28.3 Å². The third-order valence-electron chi connectivity index (χ3n) is 4.58. The van der Waals surface area contributed by atoms with Crippen molar-refractivity contribution < 1.29 is 22.7 Å². The van der Waals surface area contributed by atoms with Crippen LogP contribution in [0.1, 0.15) is 28.8 Å². The SMILES string of the molecule is CS(=O)(=O)Cc1ccc(C(=O)OCC(=O)Nc2ccc(N3CCCC3)cc2)cc1. The Morgan fingerprint density at radius 2 is 1.62 bits per heavy atom. The molecule has 3 rings (SSSR count). The largest absolute Gasteiger partial charge is 0.452 e. The van der Waals surface area contributed by atoms with Gasteiger partial charge in [-0.25, -0.2) is 13.2 Å². The highest BCUT2D eigenvalue weighted by molar-refractivity contribution is 7.89. The average Bonchev–Trinajstić information content (AvgIpc) is 3.21. The smallest absolute Gasteiger partial charge is 0.338 e. The van der Waals surface area contributed by atoms with E-state index in [2.05, 4.69) is 10.2 Å². The fourth-order valence-corrected chi connectivity index (χ4v) is 3.98. The summed E-state index contributed by atoms with van der Waals surface area (Å²) in [7, 11) is -3.14.